The number of aromatic nitrogens is 1. The molecule has 6 nitrogen and oxygen atoms in total. The summed E-state index contributed by atoms with van der Waals surface area (Å²) in [5.41, 5.74) is 1.04. The van der Waals surface area contributed by atoms with E-state index in [9.17, 15) is 14.9 Å². The first kappa shape index (κ1) is 17.1. The zero-order chi connectivity index (χ0) is 18.5. The average molecular weight is 345 g/mol. The average Bonchev–Trinajstić information content (AvgIpc) is 3.23. The van der Waals surface area contributed by atoms with Crippen molar-refractivity contribution in [3.05, 3.63) is 84.1 Å². The summed E-state index contributed by atoms with van der Waals surface area (Å²) in [6.07, 6.45) is 2.94. The van der Waals surface area contributed by atoms with Crippen LogP contribution in [0.5, 0.6) is 0 Å². The number of hydrogen-bond acceptors (Lipinski definition) is 5. The fourth-order valence-electron chi connectivity index (χ4n) is 2.61. The van der Waals surface area contributed by atoms with Gasteiger partial charge in [0.2, 0.25) is 0 Å². The Balaban J connectivity index is 1.98. The number of Topliss-reactive ketones (excluding diaryl/α,β-unsaturated/α-hetero) is 1. The number of carbonyl (C=O) groups is 2. The Kier molecular flexibility index (Phi) is 4.90. The number of anilines is 1. The van der Waals surface area contributed by atoms with E-state index in [2.05, 4.69) is 4.98 Å². The summed E-state index contributed by atoms with van der Waals surface area (Å²) in [6.45, 7) is 0. The van der Waals surface area contributed by atoms with Crippen LogP contribution in [0, 0.1) is 11.3 Å². The van der Waals surface area contributed by atoms with Gasteiger partial charge in [0.15, 0.2) is 17.5 Å². The molecule has 0 radical (unpaired) electrons. The molecule has 0 aliphatic carbocycles. The molecule has 0 aliphatic heterocycles. The molecule has 0 N–H and O–H groups in total. The third kappa shape index (κ3) is 3.23. The minimum absolute atomic E-state index is 0.163. The Morgan fingerprint density at radius 3 is 2.54 bits per heavy atom. The van der Waals surface area contributed by atoms with Crippen molar-refractivity contribution >= 4 is 17.4 Å². The fraction of sp³-hybridized carbons (Fsp3) is 0.100. The molecule has 2 aromatic heterocycles. The fourth-order valence-corrected chi connectivity index (χ4v) is 2.61. The number of para-hydroxylation sites is 1. The molecule has 0 saturated carbocycles. The van der Waals surface area contributed by atoms with E-state index in [1.54, 1.807) is 61.6 Å². The van der Waals surface area contributed by atoms with E-state index in [0.29, 0.717) is 11.4 Å². The second-order valence-electron chi connectivity index (χ2n) is 5.54. The monoisotopic (exact) mass is 345 g/mol. The molecule has 1 amide bonds. The zero-order valence-corrected chi connectivity index (χ0v) is 14.0. The van der Waals surface area contributed by atoms with Crippen molar-refractivity contribution in [2.75, 3.05) is 11.9 Å². The van der Waals surface area contributed by atoms with Gasteiger partial charge in [-0.25, -0.2) is 0 Å². The third-order valence-electron chi connectivity index (χ3n) is 3.94. The SMILES string of the molecule is CN(C(=O)c1ccco1)c1ccccc1C(=O)[C@@H](C#N)c1ccccn1. The van der Waals surface area contributed by atoms with Crippen LogP contribution < -0.4 is 4.90 Å². The molecule has 0 unspecified atom stereocenters. The lowest BCUT2D eigenvalue weighted by Crippen LogP contribution is -2.28. The van der Waals surface area contributed by atoms with Crippen molar-refractivity contribution < 1.29 is 14.0 Å². The van der Waals surface area contributed by atoms with Crippen LogP contribution in [0.2, 0.25) is 0 Å². The number of amides is 1. The molecule has 6 heteroatoms. The summed E-state index contributed by atoms with van der Waals surface area (Å²) in [4.78, 5) is 31.0. The van der Waals surface area contributed by atoms with Crippen molar-refractivity contribution in [3.8, 4) is 6.07 Å². The number of hydrogen-bond donors (Lipinski definition) is 0. The van der Waals surface area contributed by atoms with E-state index in [1.807, 2.05) is 6.07 Å². The van der Waals surface area contributed by atoms with E-state index in [0.717, 1.165) is 0 Å². The topological polar surface area (TPSA) is 87.2 Å². The first-order chi connectivity index (χ1) is 12.6. The van der Waals surface area contributed by atoms with Crippen LogP contribution in [0.1, 0.15) is 32.5 Å². The van der Waals surface area contributed by atoms with Crippen LogP contribution >= 0.6 is 0 Å². The first-order valence-electron chi connectivity index (χ1n) is 7.89. The maximum atomic E-state index is 13.0. The molecule has 2 heterocycles. The highest BCUT2D eigenvalue weighted by Gasteiger charge is 2.27. The van der Waals surface area contributed by atoms with Crippen molar-refractivity contribution in [3.63, 3.8) is 0 Å². The number of nitriles is 1. The van der Waals surface area contributed by atoms with Crippen LogP contribution in [-0.4, -0.2) is 23.7 Å². The lowest BCUT2D eigenvalue weighted by Gasteiger charge is -2.20. The Morgan fingerprint density at radius 2 is 1.88 bits per heavy atom. The number of ketones is 1. The molecule has 26 heavy (non-hydrogen) atoms. The normalized spacial score (nSPS) is 11.4. The van der Waals surface area contributed by atoms with Crippen LogP contribution in [0.25, 0.3) is 0 Å². The molecular weight excluding hydrogens is 330 g/mol. The smallest absolute Gasteiger partial charge is 0.293 e. The van der Waals surface area contributed by atoms with E-state index < -0.39 is 11.7 Å². The van der Waals surface area contributed by atoms with Crippen LogP contribution in [-0.2, 0) is 0 Å². The predicted octanol–water partition coefficient (Wildman–Crippen LogP) is 3.44. The van der Waals surface area contributed by atoms with Gasteiger partial charge < -0.3 is 9.32 Å². The number of carbonyl (C=O) groups excluding carboxylic acids is 2. The van der Waals surface area contributed by atoms with Gasteiger partial charge in [-0.15, -0.1) is 0 Å². The lowest BCUT2D eigenvalue weighted by molar-refractivity contribution is 0.0966. The zero-order valence-electron chi connectivity index (χ0n) is 14.0. The number of nitrogens with zero attached hydrogens (tertiary/aromatic N) is 3. The molecule has 3 aromatic rings. The van der Waals surface area contributed by atoms with Gasteiger partial charge in [-0.1, -0.05) is 18.2 Å². The van der Waals surface area contributed by atoms with Crippen LogP contribution in [0.3, 0.4) is 0 Å². The Labute approximate surface area is 150 Å². The van der Waals surface area contributed by atoms with Crippen LogP contribution in [0.4, 0.5) is 5.69 Å². The molecule has 0 bridgehead atoms. The summed E-state index contributed by atoms with van der Waals surface area (Å²) in [5.74, 6) is -1.69. The molecule has 1 aromatic carbocycles. The minimum Gasteiger partial charge on any atom is -0.459 e. The van der Waals surface area contributed by atoms with E-state index in [-0.39, 0.29) is 17.2 Å². The summed E-state index contributed by atoms with van der Waals surface area (Å²) in [5, 5.41) is 9.49. The molecule has 0 fully saturated rings. The Morgan fingerprint density at radius 1 is 1.12 bits per heavy atom. The van der Waals surface area contributed by atoms with Gasteiger partial charge >= 0.3 is 0 Å². The summed E-state index contributed by atoms with van der Waals surface area (Å²) >= 11 is 0. The Hall–Kier alpha value is -3.72. The maximum Gasteiger partial charge on any atom is 0.293 e. The highest BCUT2D eigenvalue weighted by atomic mass is 16.3. The largest absolute Gasteiger partial charge is 0.459 e. The summed E-state index contributed by atoms with van der Waals surface area (Å²) in [6, 6.07) is 16.9. The second-order valence-corrected chi connectivity index (χ2v) is 5.54. The van der Waals surface area contributed by atoms with Gasteiger partial charge in [-0.2, -0.15) is 5.26 Å². The van der Waals surface area contributed by atoms with Crippen molar-refractivity contribution in [1.82, 2.24) is 4.98 Å². The predicted molar refractivity (Wildman–Crippen MR) is 94.8 cm³/mol. The van der Waals surface area contributed by atoms with Gasteiger partial charge in [0.05, 0.1) is 23.7 Å². The van der Waals surface area contributed by atoms with E-state index in [1.165, 1.54) is 17.4 Å². The van der Waals surface area contributed by atoms with Crippen LogP contribution in [0.15, 0.2) is 71.5 Å². The highest BCUT2D eigenvalue weighted by Crippen LogP contribution is 2.27. The molecule has 3 rings (SSSR count). The molecule has 1 atom stereocenters. The van der Waals surface area contributed by atoms with Gasteiger partial charge in [0.1, 0.15) is 0 Å². The second kappa shape index (κ2) is 7.45. The summed E-state index contributed by atoms with van der Waals surface area (Å²) in [7, 11) is 1.55. The number of benzene rings is 1. The third-order valence-corrected chi connectivity index (χ3v) is 3.94. The summed E-state index contributed by atoms with van der Waals surface area (Å²) < 4.78 is 5.14. The van der Waals surface area contributed by atoms with Crippen molar-refractivity contribution in [2.45, 2.75) is 5.92 Å². The quantitative estimate of drug-likeness (QED) is 0.661. The number of furan rings is 1. The van der Waals surface area contributed by atoms with E-state index in [4.69, 9.17) is 4.42 Å². The van der Waals surface area contributed by atoms with Gasteiger partial charge in [0.25, 0.3) is 5.91 Å². The Bertz CT molecular complexity index is 959. The molecule has 128 valence electrons. The molecular formula is C20H15N3O3. The highest BCUT2D eigenvalue weighted by molar-refractivity contribution is 6.11. The van der Waals surface area contributed by atoms with E-state index >= 15 is 0 Å². The number of rotatable bonds is 5. The van der Waals surface area contributed by atoms with Gasteiger partial charge in [0, 0.05) is 18.8 Å². The molecule has 0 aliphatic rings. The lowest BCUT2D eigenvalue weighted by atomic mass is 9.94. The molecule has 0 saturated heterocycles. The van der Waals surface area contributed by atoms with Crippen molar-refractivity contribution in [2.24, 2.45) is 0 Å². The van der Waals surface area contributed by atoms with Gasteiger partial charge in [-0.05, 0) is 36.4 Å². The molecule has 0 spiro atoms. The first-order valence-corrected chi connectivity index (χ1v) is 7.89. The maximum absolute atomic E-state index is 13.0. The number of pyridine rings is 1. The van der Waals surface area contributed by atoms with Crippen molar-refractivity contribution in [1.29, 1.82) is 5.26 Å². The minimum atomic E-state index is -1.05. The standard InChI is InChI=1S/C20H15N3O3/c1-23(20(25)18-10-6-12-26-18)17-9-3-2-7-14(17)19(24)15(13-21)16-8-4-5-11-22-16/h2-12,15H,1H3/t15-/m0/s1. The van der Waals surface area contributed by atoms with Gasteiger partial charge in [-0.3, -0.25) is 14.6 Å².